The first kappa shape index (κ1) is 14.3. The molecule has 0 radical (unpaired) electrons. The molecule has 1 N–H and O–H groups in total. The summed E-state index contributed by atoms with van der Waals surface area (Å²) in [6.07, 6.45) is 0. The van der Waals surface area contributed by atoms with Crippen LogP contribution >= 0.6 is 0 Å². The summed E-state index contributed by atoms with van der Waals surface area (Å²) in [5.41, 5.74) is 3.54. The topological polar surface area (TPSA) is 24.5 Å². The lowest BCUT2D eigenvalue weighted by Gasteiger charge is -2.18. The molecule has 0 atom stereocenters. The lowest BCUT2D eigenvalue weighted by atomic mass is 10.2. The van der Waals surface area contributed by atoms with Gasteiger partial charge in [-0.05, 0) is 36.8 Å². The summed E-state index contributed by atoms with van der Waals surface area (Å²) in [6, 6.07) is 16.5. The Kier molecular flexibility index (Phi) is 4.88. The van der Waals surface area contributed by atoms with Crippen LogP contribution in [-0.2, 0) is 6.54 Å². The molecule has 0 spiro atoms. The van der Waals surface area contributed by atoms with Crippen molar-refractivity contribution < 1.29 is 4.74 Å². The number of nitrogens with zero attached hydrogens (tertiary/aromatic N) is 1. The molecular weight excluding hydrogens is 248 g/mol. The first-order valence-electron chi connectivity index (χ1n) is 6.92. The molecule has 3 heteroatoms. The largest absolute Gasteiger partial charge is 0.494 e. The van der Waals surface area contributed by atoms with Crippen LogP contribution in [0.2, 0.25) is 0 Å². The van der Waals surface area contributed by atoms with Gasteiger partial charge in [0.05, 0.1) is 18.0 Å². The highest BCUT2D eigenvalue weighted by atomic mass is 16.5. The van der Waals surface area contributed by atoms with Crippen LogP contribution in [0.15, 0.2) is 48.5 Å². The van der Waals surface area contributed by atoms with Gasteiger partial charge in [0.2, 0.25) is 0 Å². The Labute approximate surface area is 121 Å². The number of hydrogen-bond acceptors (Lipinski definition) is 3. The molecule has 0 amide bonds. The van der Waals surface area contributed by atoms with E-state index in [1.54, 1.807) is 0 Å². The number of rotatable bonds is 6. The minimum absolute atomic E-state index is 0.695. The maximum atomic E-state index is 5.52. The summed E-state index contributed by atoms with van der Waals surface area (Å²) in [6.45, 7) is 3.48. The van der Waals surface area contributed by atoms with Crippen LogP contribution in [0, 0.1) is 0 Å². The molecule has 20 heavy (non-hydrogen) atoms. The van der Waals surface area contributed by atoms with Gasteiger partial charge in [-0.1, -0.05) is 24.3 Å². The maximum absolute atomic E-state index is 5.52. The highest BCUT2D eigenvalue weighted by Gasteiger charge is 2.03. The summed E-state index contributed by atoms with van der Waals surface area (Å²) in [5.74, 6) is 0.924. The fraction of sp³-hybridized carbons (Fsp3) is 0.294. The molecule has 0 saturated heterocycles. The average molecular weight is 270 g/mol. The minimum atomic E-state index is 0.695. The van der Waals surface area contributed by atoms with Crippen molar-refractivity contribution in [3.63, 3.8) is 0 Å². The van der Waals surface area contributed by atoms with Gasteiger partial charge >= 0.3 is 0 Å². The Morgan fingerprint density at radius 1 is 1.05 bits per heavy atom. The number of para-hydroxylation sites is 2. The normalized spacial score (nSPS) is 10.2. The van der Waals surface area contributed by atoms with Crippen LogP contribution in [0.3, 0.4) is 0 Å². The second-order valence-electron chi connectivity index (χ2n) is 4.85. The Balaban J connectivity index is 2.07. The molecule has 0 unspecified atom stereocenters. The van der Waals surface area contributed by atoms with E-state index >= 15 is 0 Å². The summed E-state index contributed by atoms with van der Waals surface area (Å²) in [7, 11) is 4.10. The molecule has 0 heterocycles. The Morgan fingerprint density at radius 2 is 1.85 bits per heavy atom. The van der Waals surface area contributed by atoms with Crippen LogP contribution in [0.25, 0.3) is 0 Å². The zero-order chi connectivity index (χ0) is 14.4. The molecule has 0 fully saturated rings. The lowest BCUT2D eigenvalue weighted by molar-refractivity contribution is 0.340. The standard InChI is InChI=1S/C17H22N2O/c1-4-20-15-9-7-8-14(12-15)13-18-16-10-5-6-11-17(16)19(2)3/h5-12,18H,4,13H2,1-3H3. The number of ether oxygens (including phenoxy) is 1. The second-order valence-corrected chi connectivity index (χ2v) is 4.85. The molecule has 0 aliphatic heterocycles. The Hall–Kier alpha value is -2.16. The predicted octanol–water partition coefficient (Wildman–Crippen LogP) is 3.76. The highest BCUT2D eigenvalue weighted by Crippen LogP contribution is 2.24. The molecule has 2 rings (SSSR count). The first-order chi connectivity index (χ1) is 9.70. The van der Waals surface area contributed by atoms with Gasteiger partial charge in [-0.3, -0.25) is 0 Å². The minimum Gasteiger partial charge on any atom is -0.494 e. The van der Waals surface area contributed by atoms with E-state index in [9.17, 15) is 0 Å². The predicted molar refractivity (Wildman–Crippen MR) is 85.7 cm³/mol. The fourth-order valence-corrected chi connectivity index (χ4v) is 2.12. The SMILES string of the molecule is CCOc1cccc(CNc2ccccc2N(C)C)c1. The third-order valence-corrected chi connectivity index (χ3v) is 3.08. The van der Waals surface area contributed by atoms with Crippen molar-refractivity contribution in [1.82, 2.24) is 0 Å². The molecule has 0 bridgehead atoms. The molecule has 0 aliphatic rings. The van der Waals surface area contributed by atoms with Crippen molar-refractivity contribution in [2.75, 3.05) is 30.9 Å². The van der Waals surface area contributed by atoms with E-state index in [2.05, 4.69) is 54.6 Å². The fourth-order valence-electron chi connectivity index (χ4n) is 2.12. The van der Waals surface area contributed by atoms with E-state index in [1.807, 2.05) is 25.1 Å². The lowest BCUT2D eigenvalue weighted by Crippen LogP contribution is -2.12. The van der Waals surface area contributed by atoms with Crippen molar-refractivity contribution >= 4 is 11.4 Å². The number of nitrogens with one attached hydrogen (secondary N) is 1. The average Bonchev–Trinajstić information content (AvgIpc) is 2.46. The third kappa shape index (κ3) is 3.67. The summed E-state index contributed by atoms with van der Waals surface area (Å²) in [4.78, 5) is 2.11. The molecule has 3 nitrogen and oxygen atoms in total. The van der Waals surface area contributed by atoms with Crippen molar-refractivity contribution in [2.45, 2.75) is 13.5 Å². The van der Waals surface area contributed by atoms with E-state index in [1.165, 1.54) is 11.3 Å². The van der Waals surface area contributed by atoms with E-state index < -0.39 is 0 Å². The van der Waals surface area contributed by atoms with Crippen LogP contribution in [-0.4, -0.2) is 20.7 Å². The Bertz CT molecular complexity index is 552. The van der Waals surface area contributed by atoms with Crippen LogP contribution in [0.1, 0.15) is 12.5 Å². The van der Waals surface area contributed by atoms with Gasteiger partial charge in [0.1, 0.15) is 5.75 Å². The van der Waals surface area contributed by atoms with Crippen LogP contribution in [0.4, 0.5) is 11.4 Å². The number of benzene rings is 2. The molecule has 0 saturated carbocycles. The molecular formula is C17H22N2O. The third-order valence-electron chi connectivity index (χ3n) is 3.08. The number of hydrogen-bond donors (Lipinski definition) is 1. The van der Waals surface area contributed by atoms with E-state index in [-0.39, 0.29) is 0 Å². The zero-order valence-corrected chi connectivity index (χ0v) is 12.4. The van der Waals surface area contributed by atoms with Gasteiger partial charge < -0.3 is 15.0 Å². The number of anilines is 2. The van der Waals surface area contributed by atoms with Gasteiger partial charge in [0, 0.05) is 20.6 Å². The highest BCUT2D eigenvalue weighted by molar-refractivity contribution is 5.69. The van der Waals surface area contributed by atoms with Crippen molar-refractivity contribution in [1.29, 1.82) is 0 Å². The zero-order valence-electron chi connectivity index (χ0n) is 12.4. The maximum Gasteiger partial charge on any atom is 0.119 e. The van der Waals surface area contributed by atoms with Gasteiger partial charge in [-0.2, -0.15) is 0 Å². The van der Waals surface area contributed by atoms with Crippen molar-refractivity contribution in [2.24, 2.45) is 0 Å². The summed E-state index contributed by atoms with van der Waals surface area (Å²) < 4.78 is 5.52. The van der Waals surface area contributed by atoms with Gasteiger partial charge in [0.15, 0.2) is 0 Å². The summed E-state index contributed by atoms with van der Waals surface area (Å²) >= 11 is 0. The quantitative estimate of drug-likeness (QED) is 0.865. The molecule has 106 valence electrons. The van der Waals surface area contributed by atoms with Crippen molar-refractivity contribution in [3.05, 3.63) is 54.1 Å². The van der Waals surface area contributed by atoms with Crippen LogP contribution < -0.4 is 15.0 Å². The van der Waals surface area contributed by atoms with E-state index in [0.29, 0.717) is 6.61 Å². The molecule has 2 aromatic rings. The van der Waals surface area contributed by atoms with Gasteiger partial charge in [0.25, 0.3) is 0 Å². The second kappa shape index (κ2) is 6.85. The summed E-state index contributed by atoms with van der Waals surface area (Å²) in [5, 5.41) is 3.48. The van der Waals surface area contributed by atoms with Gasteiger partial charge in [-0.25, -0.2) is 0 Å². The monoisotopic (exact) mass is 270 g/mol. The van der Waals surface area contributed by atoms with E-state index in [0.717, 1.165) is 18.0 Å². The van der Waals surface area contributed by atoms with E-state index in [4.69, 9.17) is 4.74 Å². The molecule has 2 aromatic carbocycles. The first-order valence-corrected chi connectivity index (χ1v) is 6.92. The Morgan fingerprint density at radius 3 is 2.60 bits per heavy atom. The molecule has 0 aliphatic carbocycles. The van der Waals surface area contributed by atoms with Gasteiger partial charge in [-0.15, -0.1) is 0 Å². The van der Waals surface area contributed by atoms with Crippen LogP contribution in [0.5, 0.6) is 5.75 Å². The van der Waals surface area contributed by atoms with Crippen molar-refractivity contribution in [3.8, 4) is 5.75 Å². The molecule has 0 aromatic heterocycles. The smallest absolute Gasteiger partial charge is 0.119 e.